The van der Waals surface area contributed by atoms with Gasteiger partial charge in [-0.05, 0) is 88.3 Å². The molecule has 0 bridgehead atoms. The largest absolute Gasteiger partial charge is 0.497 e. The van der Waals surface area contributed by atoms with Crippen LogP contribution in [0.25, 0.3) is 0 Å². The zero-order valence-electron chi connectivity index (χ0n) is 20.3. The van der Waals surface area contributed by atoms with E-state index in [2.05, 4.69) is 31.0 Å². The number of hydrogen-bond acceptors (Lipinski definition) is 4. The molecule has 6 nitrogen and oxygen atoms in total. The van der Waals surface area contributed by atoms with Gasteiger partial charge in [-0.3, -0.25) is 0 Å². The maximum atomic E-state index is 13.2. The third-order valence-electron chi connectivity index (χ3n) is 5.71. The van der Waals surface area contributed by atoms with Crippen LogP contribution >= 0.6 is 0 Å². The van der Waals surface area contributed by atoms with Crippen LogP contribution in [0.1, 0.15) is 46.1 Å². The minimum Gasteiger partial charge on any atom is -0.497 e. The highest BCUT2D eigenvalue weighted by Crippen LogP contribution is 2.20. The zero-order chi connectivity index (χ0) is 23.3. The van der Waals surface area contributed by atoms with Crippen molar-refractivity contribution in [1.82, 2.24) is 9.80 Å². The van der Waals surface area contributed by atoms with Crippen LogP contribution in [0.5, 0.6) is 11.5 Å². The lowest BCUT2D eigenvalue weighted by Crippen LogP contribution is -2.41. The Labute approximate surface area is 193 Å². The van der Waals surface area contributed by atoms with Crippen LogP contribution in [0.3, 0.4) is 0 Å². The minimum absolute atomic E-state index is 0.0978. The summed E-state index contributed by atoms with van der Waals surface area (Å²) < 4.78 is 10.8. The van der Waals surface area contributed by atoms with Gasteiger partial charge in [-0.2, -0.15) is 0 Å². The van der Waals surface area contributed by atoms with Crippen LogP contribution in [-0.2, 0) is 6.54 Å². The van der Waals surface area contributed by atoms with E-state index in [1.165, 1.54) is 0 Å². The average Bonchev–Trinajstić information content (AvgIpc) is 2.81. The first-order valence-corrected chi connectivity index (χ1v) is 11.7. The van der Waals surface area contributed by atoms with Crippen LogP contribution in [-0.4, -0.2) is 55.2 Å². The van der Waals surface area contributed by atoms with Gasteiger partial charge in [0.1, 0.15) is 11.5 Å². The number of hydrogen-bond donors (Lipinski definition) is 1. The molecule has 0 heterocycles. The lowest BCUT2D eigenvalue weighted by Gasteiger charge is -2.30. The Kier molecular flexibility index (Phi) is 10.9. The predicted octanol–water partition coefficient (Wildman–Crippen LogP) is 5.64. The Morgan fingerprint density at radius 3 is 2.16 bits per heavy atom. The number of rotatable bonds is 13. The Morgan fingerprint density at radius 2 is 1.59 bits per heavy atom. The molecule has 0 saturated heterocycles. The van der Waals surface area contributed by atoms with E-state index < -0.39 is 0 Å². The van der Waals surface area contributed by atoms with Gasteiger partial charge in [0, 0.05) is 18.3 Å². The first-order valence-electron chi connectivity index (χ1n) is 11.7. The van der Waals surface area contributed by atoms with Crippen LogP contribution in [0.4, 0.5) is 10.5 Å². The number of urea groups is 1. The quantitative estimate of drug-likeness (QED) is 0.437. The second-order valence-corrected chi connectivity index (χ2v) is 7.88. The number of anilines is 1. The summed E-state index contributed by atoms with van der Waals surface area (Å²) in [6, 6.07) is 15.4. The molecule has 2 aromatic rings. The molecule has 0 aromatic heterocycles. The molecule has 0 fully saturated rings. The summed E-state index contributed by atoms with van der Waals surface area (Å²) in [6.07, 6.45) is 2.00. The monoisotopic (exact) mass is 441 g/mol. The van der Waals surface area contributed by atoms with Crippen LogP contribution < -0.4 is 14.8 Å². The van der Waals surface area contributed by atoms with E-state index >= 15 is 0 Å². The minimum atomic E-state index is -0.0978. The van der Waals surface area contributed by atoms with Gasteiger partial charge in [-0.25, -0.2) is 4.79 Å². The molecule has 2 aromatic carbocycles. The number of amides is 2. The molecule has 1 unspecified atom stereocenters. The zero-order valence-corrected chi connectivity index (χ0v) is 20.3. The molecule has 6 heteroatoms. The van der Waals surface area contributed by atoms with E-state index in [0.717, 1.165) is 55.2 Å². The summed E-state index contributed by atoms with van der Waals surface area (Å²) in [5.74, 6) is 1.61. The first-order chi connectivity index (χ1) is 15.5. The van der Waals surface area contributed by atoms with Crippen molar-refractivity contribution in [2.45, 2.75) is 53.1 Å². The number of methoxy groups -OCH3 is 1. The van der Waals surface area contributed by atoms with Gasteiger partial charge in [-0.1, -0.05) is 26.0 Å². The van der Waals surface area contributed by atoms with Gasteiger partial charge < -0.3 is 24.6 Å². The molecule has 0 aliphatic heterocycles. The fourth-order valence-corrected chi connectivity index (χ4v) is 3.66. The Bertz CT molecular complexity index is 789. The number of ether oxygens (including phenoxy) is 2. The fraction of sp³-hybridized carbons (Fsp3) is 0.500. The number of nitrogens with one attached hydrogen (secondary N) is 1. The van der Waals surface area contributed by atoms with Crippen LogP contribution in [0, 0.1) is 0 Å². The molecule has 0 radical (unpaired) electrons. The van der Waals surface area contributed by atoms with Crippen molar-refractivity contribution in [3.63, 3.8) is 0 Å². The number of carbonyl (C=O) groups is 1. The molecule has 2 amide bonds. The molecule has 176 valence electrons. The summed E-state index contributed by atoms with van der Waals surface area (Å²) in [5.41, 5.74) is 1.83. The molecule has 0 saturated carbocycles. The van der Waals surface area contributed by atoms with Crippen molar-refractivity contribution in [2.75, 3.05) is 38.7 Å². The average molecular weight is 442 g/mol. The molecule has 0 aliphatic carbocycles. The van der Waals surface area contributed by atoms with E-state index in [9.17, 15) is 4.79 Å². The summed E-state index contributed by atoms with van der Waals surface area (Å²) in [7, 11) is 1.63. The molecular formula is C26H39N3O3. The van der Waals surface area contributed by atoms with Gasteiger partial charge in [0.15, 0.2) is 0 Å². The third kappa shape index (κ3) is 8.08. The normalized spacial score (nSPS) is 11.8. The number of carbonyl (C=O) groups excluding carboxylic acids is 1. The van der Waals surface area contributed by atoms with Gasteiger partial charge in [0.05, 0.1) is 13.7 Å². The second-order valence-electron chi connectivity index (χ2n) is 7.88. The van der Waals surface area contributed by atoms with E-state index in [0.29, 0.717) is 13.2 Å². The van der Waals surface area contributed by atoms with E-state index in [-0.39, 0.29) is 12.1 Å². The standard InChI is InChI=1S/C26H39N3O3/c1-6-28(7-2)19-9-10-21(4)29(20-22-11-15-25(16-12-22)32-8-3)26(30)27-23-13-17-24(31-5)18-14-23/h11-18,21H,6-10,19-20H2,1-5H3,(H,27,30). The molecule has 1 atom stereocenters. The molecule has 1 N–H and O–H groups in total. The SMILES string of the molecule is CCOc1ccc(CN(C(=O)Nc2ccc(OC)cc2)C(C)CCCN(CC)CC)cc1. The topological polar surface area (TPSA) is 54.0 Å². The maximum absolute atomic E-state index is 13.2. The Hall–Kier alpha value is -2.73. The molecular weight excluding hydrogens is 402 g/mol. The van der Waals surface area contributed by atoms with Crippen molar-refractivity contribution in [3.05, 3.63) is 54.1 Å². The number of benzene rings is 2. The van der Waals surface area contributed by atoms with Crippen molar-refractivity contribution in [1.29, 1.82) is 0 Å². The van der Waals surface area contributed by atoms with E-state index in [1.807, 2.05) is 60.4 Å². The molecule has 0 aliphatic rings. The van der Waals surface area contributed by atoms with Crippen molar-refractivity contribution in [3.8, 4) is 11.5 Å². The van der Waals surface area contributed by atoms with Gasteiger partial charge in [0.2, 0.25) is 0 Å². The number of nitrogens with zero attached hydrogens (tertiary/aromatic N) is 2. The summed E-state index contributed by atoms with van der Waals surface area (Å²) in [4.78, 5) is 17.6. The Morgan fingerprint density at radius 1 is 0.969 bits per heavy atom. The lowest BCUT2D eigenvalue weighted by atomic mass is 10.1. The van der Waals surface area contributed by atoms with Gasteiger partial charge >= 0.3 is 6.03 Å². The van der Waals surface area contributed by atoms with Crippen molar-refractivity contribution < 1.29 is 14.3 Å². The Balaban J connectivity index is 2.09. The maximum Gasteiger partial charge on any atom is 0.322 e. The van der Waals surface area contributed by atoms with Gasteiger partial charge in [-0.15, -0.1) is 0 Å². The third-order valence-corrected chi connectivity index (χ3v) is 5.71. The highest BCUT2D eigenvalue weighted by atomic mass is 16.5. The molecule has 0 spiro atoms. The smallest absolute Gasteiger partial charge is 0.322 e. The first kappa shape index (κ1) is 25.5. The van der Waals surface area contributed by atoms with Crippen LogP contribution in [0.15, 0.2) is 48.5 Å². The van der Waals surface area contributed by atoms with Gasteiger partial charge in [0.25, 0.3) is 0 Å². The predicted molar refractivity (Wildman–Crippen MR) is 132 cm³/mol. The lowest BCUT2D eigenvalue weighted by molar-refractivity contribution is 0.181. The summed E-state index contributed by atoms with van der Waals surface area (Å²) >= 11 is 0. The molecule has 2 rings (SSSR count). The van der Waals surface area contributed by atoms with E-state index in [4.69, 9.17) is 9.47 Å². The van der Waals surface area contributed by atoms with Crippen LogP contribution in [0.2, 0.25) is 0 Å². The summed E-state index contributed by atoms with van der Waals surface area (Å²) in [5, 5.41) is 3.04. The highest BCUT2D eigenvalue weighted by molar-refractivity contribution is 5.89. The highest BCUT2D eigenvalue weighted by Gasteiger charge is 2.21. The fourth-order valence-electron chi connectivity index (χ4n) is 3.66. The van der Waals surface area contributed by atoms with E-state index in [1.54, 1.807) is 7.11 Å². The molecule has 32 heavy (non-hydrogen) atoms. The summed E-state index contributed by atoms with van der Waals surface area (Å²) in [6.45, 7) is 12.8. The van der Waals surface area contributed by atoms with Crippen molar-refractivity contribution >= 4 is 11.7 Å². The van der Waals surface area contributed by atoms with Crippen molar-refractivity contribution in [2.24, 2.45) is 0 Å². The second kappa shape index (κ2) is 13.6.